The molecule has 1 aromatic heterocycles. The molecule has 3 aromatic rings. The van der Waals surface area contributed by atoms with Crippen molar-refractivity contribution in [2.45, 2.75) is 17.9 Å². The number of aromatic nitrogens is 1. The van der Waals surface area contributed by atoms with Crippen LogP contribution in [-0.2, 0) is 9.84 Å². The minimum absolute atomic E-state index is 0.177. The van der Waals surface area contributed by atoms with Gasteiger partial charge in [0.1, 0.15) is 0 Å². The first-order chi connectivity index (χ1) is 12.3. The molecule has 0 bridgehead atoms. The van der Waals surface area contributed by atoms with Crippen molar-refractivity contribution in [3.63, 3.8) is 0 Å². The molecular weight excluding hydrogens is 348 g/mol. The average molecular weight is 368 g/mol. The Morgan fingerprint density at radius 2 is 1.54 bits per heavy atom. The third-order valence-corrected chi connectivity index (χ3v) is 5.32. The van der Waals surface area contributed by atoms with Crippen LogP contribution in [0, 0.1) is 0 Å². The van der Waals surface area contributed by atoms with E-state index in [1.54, 1.807) is 36.4 Å². The van der Waals surface area contributed by atoms with Crippen LogP contribution in [0.5, 0.6) is 0 Å². The molecule has 134 valence electrons. The number of carbonyl (C=O) groups excluding carboxylic acids is 1. The van der Waals surface area contributed by atoms with Crippen LogP contribution in [0.2, 0.25) is 0 Å². The van der Waals surface area contributed by atoms with Gasteiger partial charge in [-0.3, -0.25) is 4.79 Å². The Bertz CT molecular complexity index is 990. The minimum atomic E-state index is -3.22. The fourth-order valence-electron chi connectivity index (χ4n) is 2.66. The number of benzene rings is 2. The molecule has 0 aliphatic heterocycles. The van der Waals surface area contributed by atoms with E-state index in [4.69, 9.17) is 0 Å². The van der Waals surface area contributed by atoms with Crippen molar-refractivity contribution in [3.8, 4) is 5.69 Å². The first-order valence-corrected chi connectivity index (χ1v) is 10.1. The zero-order valence-corrected chi connectivity index (χ0v) is 15.4. The number of nitrogens with one attached hydrogen (secondary N) is 1. The largest absolute Gasteiger partial charge is 0.346 e. The van der Waals surface area contributed by atoms with Gasteiger partial charge in [-0.15, -0.1) is 0 Å². The molecule has 0 aliphatic carbocycles. The maximum atomic E-state index is 12.4. The van der Waals surface area contributed by atoms with Gasteiger partial charge < -0.3 is 9.88 Å². The highest BCUT2D eigenvalue weighted by Gasteiger charge is 2.13. The predicted molar refractivity (Wildman–Crippen MR) is 101 cm³/mol. The third kappa shape index (κ3) is 4.03. The molecular formula is C20H20N2O3S. The quantitative estimate of drug-likeness (QED) is 0.751. The van der Waals surface area contributed by atoms with Crippen molar-refractivity contribution in [3.05, 3.63) is 84.2 Å². The Balaban J connectivity index is 1.69. The molecule has 26 heavy (non-hydrogen) atoms. The summed E-state index contributed by atoms with van der Waals surface area (Å²) in [6.07, 6.45) is 5.05. The van der Waals surface area contributed by atoms with E-state index in [0.29, 0.717) is 5.56 Å². The Kier molecular flexibility index (Phi) is 4.95. The molecule has 6 heteroatoms. The molecule has 0 saturated heterocycles. The van der Waals surface area contributed by atoms with Crippen molar-refractivity contribution in [1.29, 1.82) is 0 Å². The van der Waals surface area contributed by atoms with Crippen LogP contribution in [0.3, 0.4) is 0 Å². The SMILES string of the molecule is CC(NC(=O)c1ccc(-n2cccc2)cc1)c1ccc(S(C)(=O)=O)cc1. The van der Waals surface area contributed by atoms with Gasteiger partial charge in [0, 0.05) is 29.9 Å². The molecule has 0 fully saturated rings. The second kappa shape index (κ2) is 7.17. The molecule has 1 amide bonds. The number of rotatable bonds is 5. The van der Waals surface area contributed by atoms with Gasteiger partial charge in [0.25, 0.3) is 5.91 Å². The molecule has 0 radical (unpaired) electrons. The summed E-state index contributed by atoms with van der Waals surface area (Å²) in [5.74, 6) is -0.177. The zero-order valence-electron chi connectivity index (χ0n) is 14.6. The lowest BCUT2D eigenvalue weighted by Gasteiger charge is -2.15. The standard InChI is InChI=1S/C20H20N2O3S/c1-15(16-7-11-19(12-8-16)26(2,24)25)21-20(23)17-5-9-18(10-6-17)22-13-3-4-14-22/h3-15H,1-2H3,(H,21,23). The van der Waals surface area contributed by atoms with Crippen LogP contribution in [0.25, 0.3) is 5.69 Å². The van der Waals surface area contributed by atoms with E-state index in [1.807, 2.05) is 48.1 Å². The van der Waals surface area contributed by atoms with Gasteiger partial charge in [0.05, 0.1) is 10.9 Å². The second-order valence-electron chi connectivity index (χ2n) is 6.17. The molecule has 1 heterocycles. The van der Waals surface area contributed by atoms with E-state index >= 15 is 0 Å². The van der Waals surface area contributed by atoms with Crippen LogP contribution < -0.4 is 5.32 Å². The number of carbonyl (C=O) groups is 1. The first-order valence-electron chi connectivity index (χ1n) is 8.19. The first kappa shape index (κ1) is 17.9. The van der Waals surface area contributed by atoms with Crippen molar-refractivity contribution in [2.24, 2.45) is 0 Å². The van der Waals surface area contributed by atoms with E-state index in [1.165, 1.54) is 6.26 Å². The maximum Gasteiger partial charge on any atom is 0.251 e. The predicted octanol–water partition coefficient (Wildman–Crippen LogP) is 3.37. The molecule has 5 nitrogen and oxygen atoms in total. The fourth-order valence-corrected chi connectivity index (χ4v) is 3.29. The summed E-state index contributed by atoms with van der Waals surface area (Å²) in [5.41, 5.74) is 2.39. The van der Waals surface area contributed by atoms with E-state index in [0.717, 1.165) is 11.3 Å². The number of amides is 1. The van der Waals surface area contributed by atoms with Crippen molar-refractivity contribution >= 4 is 15.7 Å². The Hall–Kier alpha value is -2.86. The van der Waals surface area contributed by atoms with Gasteiger partial charge in [-0.05, 0) is 61.0 Å². The summed E-state index contributed by atoms with van der Waals surface area (Å²) in [6, 6.07) is 17.5. The highest BCUT2D eigenvalue weighted by molar-refractivity contribution is 7.90. The topological polar surface area (TPSA) is 68.2 Å². The molecule has 1 unspecified atom stereocenters. The van der Waals surface area contributed by atoms with E-state index < -0.39 is 9.84 Å². The Labute approximate surface area is 153 Å². The monoisotopic (exact) mass is 368 g/mol. The fraction of sp³-hybridized carbons (Fsp3) is 0.150. The number of hydrogen-bond acceptors (Lipinski definition) is 3. The van der Waals surface area contributed by atoms with Crippen molar-refractivity contribution in [1.82, 2.24) is 9.88 Å². The zero-order chi connectivity index (χ0) is 18.7. The molecule has 3 rings (SSSR count). The molecule has 0 spiro atoms. The van der Waals surface area contributed by atoms with Gasteiger partial charge in [0.15, 0.2) is 9.84 Å². The number of sulfone groups is 1. The smallest absolute Gasteiger partial charge is 0.251 e. The lowest BCUT2D eigenvalue weighted by atomic mass is 10.1. The van der Waals surface area contributed by atoms with Gasteiger partial charge in [-0.25, -0.2) is 8.42 Å². The molecule has 0 aliphatic rings. The van der Waals surface area contributed by atoms with Crippen LogP contribution in [0.1, 0.15) is 28.9 Å². The lowest BCUT2D eigenvalue weighted by molar-refractivity contribution is 0.0940. The van der Waals surface area contributed by atoms with Crippen LogP contribution in [0.15, 0.2) is 78.0 Å². The number of nitrogens with zero attached hydrogens (tertiary/aromatic N) is 1. The van der Waals surface area contributed by atoms with Gasteiger partial charge in [0.2, 0.25) is 0 Å². The van der Waals surface area contributed by atoms with Crippen LogP contribution >= 0.6 is 0 Å². The summed E-state index contributed by atoms with van der Waals surface area (Å²) in [6.45, 7) is 1.86. The summed E-state index contributed by atoms with van der Waals surface area (Å²) in [7, 11) is -3.22. The average Bonchev–Trinajstić information content (AvgIpc) is 3.16. The Morgan fingerprint density at radius 3 is 2.08 bits per heavy atom. The highest BCUT2D eigenvalue weighted by atomic mass is 32.2. The maximum absolute atomic E-state index is 12.4. The van der Waals surface area contributed by atoms with Crippen LogP contribution in [-0.4, -0.2) is 25.1 Å². The molecule has 1 N–H and O–H groups in total. The van der Waals surface area contributed by atoms with E-state index in [9.17, 15) is 13.2 Å². The summed E-state index contributed by atoms with van der Waals surface area (Å²) in [4.78, 5) is 12.7. The van der Waals surface area contributed by atoms with Gasteiger partial charge in [-0.1, -0.05) is 12.1 Å². The van der Waals surface area contributed by atoms with Gasteiger partial charge >= 0.3 is 0 Å². The third-order valence-electron chi connectivity index (χ3n) is 4.19. The molecule has 0 saturated carbocycles. The van der Waals surface area contributed by atoms with Crippen LogP contribution in [0.4, 0.5) is 0 Å². The van der Waals surface area contributed by atoms with Crippen molar-refractivity contribution in [2.75, 3.05) is 6.26 Å². The summed E-state index contributed by atoms with van der Waals surface area (Å²) in [5, 5.41) is 2.93. The van der Waals surface area contributed by atoms with E-state index in [2.05, 4.69) is 5.32 Å². The Morgan fingerprint density at radius 1 is 0.962 bits per heavy atom. The summed E-state index contributed by atoms with van der Waals surface area (Å²) >= 11 is 0. The van der Waals surface area contributed by atoms with Crippen molar-refractivity contribution < 1.29 is 13.2 Å². The number of hydrogen-bond donors (Lipinski definition) is 1. The molecule has 2 aromatic carbocycles. The molecule has 1 atom stereocenters. The lowest BCUT2D eigenvalue weighted by Crippen LogP contribution is -2.26. The normalized spacial score (nSPS) is 12.5. The minimum Gasteiger partial charge on any atom is -0.346 e. The van der Waals surface area contributed by atoms with Gasteiger partial charge in [-0.2, -0.15) is 0 Å². The van der Waals surface area contributed by atoms with E-state index in [-0.39, 0.29) is 16.8 Å². The highest BCUT2D eigenvalue weighted by Crippen LogP contribution is 2.17. The second-order valence-corrected chi connectivity index (χ2v) is 8.19. The summed E-state index contributed by atoms with van der Waals surface area (Å²) < 4.78 is 25.0.